The summed E-state index contributed by atoms with van der Waals surface area (Å²) in [7, 11) is 6.88. The molecule has 0 bridgehead atoms. The minimum Gasteiger partial charge on any atom is -0.480 e. The number of H-pyrrole nitrogens is 1. The van der Waals surface area contributed by atoms with Crippen molar-refractivity contribution in [3.05, 3.63) is 33.1 Å². The zero-order valence-electron chi connectivity index (χ0n) is 48.1. The van der Waals surface area contributed by atoms with E-state index in [0.717, 1.165) is 67.3 Å². The molecule has 4 saturated heterocycles. The summed E-state index contributed by atoms with van der Waals surface area (Å²) in [6.45, 7) is 7.04. The smallest absolute Gasteiger partial charge is 0.330 e. The standard InChI is InChI=1S/C54H89N5O22/c1-28(2)19-17-15-13-11-10-12-14-16-18-20-31(76-35(61)23-29(3)24-36(62)79-53-48(74-9)47(73-8)44(72-7)30(4)75-53)25-37(63)77-33-27-57(5)39(49(68)58(6)38(33)51(69)70)45(81-52-43(67)40(64)32(26-55)78-52)46-41(65)42(66)50(80-46)59-22-21-34(60)56-54(59)71/h21-22,28-33,38-48,50,52-53,64-67H,10-20,23-27,55H2,1-9H3,(H,69,70)(H,56,60,71)/t29-,30-,31-,32+,33-,38-,39-,40+,41-,42+,43+,44-,45-,46-,47+,48+,50+,52-,53+/m0/s1. The van der Waals surface area contributed by atoms with Crippen LogP contribution in [-0.2, 0) is 71.3 Å². The maximum Gasteiger partial charge on any atom is 0.330 e. The quantitative estimate of drug-likeness (QED) is 0.0294. The van der Waals surface area contributed by atoms with Crippen LogP contribution in [0.4, 0.5) is 0 Å². The highest BCUT2D eigenvalue weighted by Crippen LogP contribution is 2.37. The van der Waals surface area contributed by atoms with Crippen molar-refractivity contribution in [3.8, 4) is 0 Å². The minimum absolute atomic E-state index is 0.215. The first-order valence-corrected chi connectivity index (χ1v) is 28.2. The van der Waals surface area contributed by atoms with Gasteiger partial charge in [-0.15, -0.1) is 0 Å². The fraction of sp³-hybridized carbons (Fsp3) is 0.833. The fourth-order valence-corrected chi connectivity index (χ4v) is 11.2. The van der Waals surface area contributed by atoms with Crippen molar-refractivity contribution in [2.45, 2.75) is 228 Å². The van der Waals surface area contributed by atoms with Crippen LogP contribution in [0.5, 0.6) is 0 Å². The van der Waals surface area contributed by atoms with Crippen molar-refractivity contribution in [1.29, 1.82) is 0 Å². The van der Waals surface area contributed by atoms with Gasteiger partial charge in [-0.25, -0.2) is 9.59 Å². The zero-order valence-corrected chi connectivity index (χ0v) is 48.1. The predicted molar refractivity (Wildman–Crippen MR) is 284 cm³/mol. The number of rotatable bonds is 31. The molecule has 5 rings (SSSR count). The summed E-state index contributed by atoms with van der Waals surface area (Å²) in [4.78, 5) is 97.7. The van der Waals surface area contributed by atoms with Gasteiger partial charge in [0.15, 0.2) is 18.6 Å². The first-order chi connectivity index (χ1) is 38.5. The lowest BCUT2D eigenvalue weighted by Gasteiger charge is -2.43. The molecule has 0 saturated carbocycles. The first kappa shape index (κ1) is 67.3. The van der Waals surface area contributed by atoms with E-state index in [2.05, 4.69) is 13.8 Å². The Labute approximate surface area is 471 Å². The number of esters is 3. The first-order valence-electron chi connectivity index (χ1n) is 28.2. The van der Waals surface area contributed by atoms with E-state index in [1.807, 2.05) is 4.98 Å². The molecular formula is C54H89N5O22. The Hall–Kier alpha value is -4.49. The van der Waals surface area contributed by atoms with Gasteiger partial charge < -0.3 is 83.5 Å². The molecule has 1 aromatic heterocycles. The lowest BCUT2D eigenvalue weighted by atomic mass is 9.97. The summed E-state index contributed by atoms with van der Waals surface area (Å²) >= 11 is 0. The topological polar surface area (TPSA) is 366 Å². The van der Waals surface area contributed by atoms with Gasteiger partial charge in [-0.3, -0.25) is 38.4 Å². The second-order valence-corrected chi connectivity index (χ2v) is 22.3. The van der Waals surface area contributed by atoms with Crippen LogP contribution in [0.2, 0.25) is 0 Å². The molecule has 27 heteroatoms. The number of nitrogens with zero attached hydrogens (tertiary/aromatic N) is 3. The minimum atomic E-state index is -1.97. The van der Waals surface area contributed by atoms with E-state index in [0.29, 0.717) is 12.3 Å². The number of aliphatic carboxylic acids is 1. The normalized spacial score (nSPS) is 32.1. The van der Waals surface area contributed by atoms with Crippen LogP contribution < -0.4 is 17.0 Å². The molecule has 81 heavy (non-hydrogen) atoms. The van der Waals surface area contributed by atoms with Crippen molar-refractivity contribution in [3.63, 3.8) is 0 Å². The Morgan fingerprint density at radius 2 is 1.32 bits per heavy atom. The summed E-state index contributed by atoms with van der Waals surface area (Å²) in [5.74, 6) is -4.89. The van der Waals surface area contributed by atoms with Gasteiger partial charge in [0.1, 0.15) is 79.3 Å². The summed E-state index contributed by atoms with van der Waals surface area (Å²) in [5, 5.41) is 55.2. The van der Waals surface area contributed by atoms with E-state index in [-0.39, 0.29) is 25.8 Å². The number of carbonyl (C=O) groups excluding carboxylic acids is 4. The Bertz CT molecular complexity index is 2290. The number of aromatic amines is 1. The average molecular weight is 1160 g/mol. The Morgan fingerprint density at radius 3 is 1.89 bits per heavy atom. The summed E-state index contributed by atoms with van der Waals surface area (Å²) in [6.07, 6.45) is -11.3. The molecular weight excluding hydrogens is 1070 g/mol. The SMILES string of the molecule is CO[C@@H]1[C@@H](OC)[C@H](C)O[C@H](OC(=O)C[C@@H](C)CC(=O)O[C@@H](CCCCCCCCCCCC(C)C)CC(=O)O[C@H]2CN(C)[C@@H]([C@H](O[C@@H]3O[C@H](CN)[C@@H](O)[C@H]3O)[C@H]3O[C@@H](n4ccc(=O)[nH]c4=O)[C@H](O)[C@@H]3O)C(=O)N(C)[C@@H]2C(=O)O)[C@@H]1OC. The number of carboxylic acid groups (broad SMARTS) is 1. The number of ether oxygens (including phenoxy) is 10. The third-order valence-electron chi connectivity index (χ3n) is 15.5. The third kappa shape index (κ3) is 18.0. The number of carbonyl (C=O) groups is 5. The molecule has 0 aromatic carbocycles. The van der Waals surface area contributed by atoms with Crippen LogP contribution in [0.3, 0.4) is 0 Å². The average Bonchev–Trinajstić information content (AvgIpc) is 3.94. The highest BCUT2D eigenvalue weighted by Gasteiger charge is 2.57. The van der Waals surface area contributed by atoms with Crippen molar-refractivity contribution in [2.75, 3.05) is 48.5 Å². The molecule has 27 nitrogen and oxygen atoms in total. The van der Waals surface area contributed by atoms with Gasteiger partial charge in [0.05, 0.1) is 12.5 Å². The van der Waals surface area contributed by atoms with E-state index in [4.69, 9.17) is 53.1 Å². The number of hydrogen-bond donors (Lipinski definition) is 7. The molecule has 0 radical (unpaired) electrons. The third-order valence-corrected chi connectivity index (χ3v) is 15.5. The molecule has 8 N–H and O–H groups in total. The number of nitrogens with two attached hydrogens (primary N) is 1. The van der Waals surface area contributed by atoms with Gasteiger partial charge in [-0.1, -0.05) is 78.6 Å². The van der Waals surface area contributed by atoms with Crippen LogP contribution in [0, 0.1) is 11.8 Å². The number of carboxylic acids is 1. The van der Waals surface area contributed by atoms with Crippen molar-refractivity contribution >= 4 is 29.8 Å². The number of nitrogens with one attached hydrogen (secondary N) is 1. The Balaban J connectivity index is 1.32. The highest BCUT2D eigenvalue weighted by molar-refractivity contribution is 5.88. The molecule has 19 atom stereocenters. The largest absolute Gasteiger partial charge is 0.480 e. The predicted octanol–water partition coefficient (Wildman–Crippen LogP) is 0.0821. The number of methoxy groups -OCH3 is 3. The molecule has 462 valence electrons. The van der Waals surface area contributed by atoms with Gasteiger partial charge in [0, 0.05) is 66.6 Å². The molecule has 1 aromatic rings. The van der Waals surface area contributed by atoms with Crippen LogP contribution in [-0.4, -0.2) is 227 Å². The molecule has 0 unspecified atom stereocenters. The van der Waals surface area contributed by atoms with Crippen molar-refractivity contribution in [1.82, 2.24) is 19.4 Å². The van der Waals surface area contributed by atoms with Crippen LogP contribution >= 0.6 is 0 Å². The van der Waals surface area contributed by atoms with E-state index in [9.17, 15) is 59.1 Å². The maximum absolute atomic E-state index is 14.7. The molecule has 4 aliphatic heterocycles. The fourth-order valence-electron chi connectivity index (χ4n) is 11.2. The summed E-state index contributed by atoms with van der Waals surface area (Å²) in [6, 6.07) is -2.60. The second-order valence-electron chi connectivity index (χ2n) is 22.3. The van der Waals surface area contributed by atoms with Gasteiger partial charge in [0.2, 0.25) is 12.2 Å². The van der Waals surface area contributed by atoms with Gasteiger partial charge >= 0.3 is 29.6 Å². The zero-order chi connectivity index (χ0) is 59.8. The monoisotopic (exact) mass is 1160 g/mol. The highest BCUT2D eigenvalue weighted by atomic mass is 16.7. The van der Waals surface area contributed by atoms with E-state index >= 15 is 0 Å². The number of hydrogen-bond acceptors (Lipinski definition) is 23. The molecule has 0 spiro atoms. The van der Waals surface area contributed by atoms with Crippen LogP contribution in [0.1, 0.15) is 124 Å². The Kier molecular flexibility index (Phi) is 26.6. The van der Waals surface area contributed by atoms with Gasteiger partial charge in [-0.05, 0) is 38.6 Å². The summed E-state index contributed by atoms with van der Waals surface area (Å²) in [5.41, 5.74) is 3.95. The number of aromatic nitrogens is 2. The van der Waals surface area contributed by atoms with Crippen LogP contribution in [0.25, 0.3) is 0 Å². The lowest BCUT2D eigenvalue weighted by Crippen LogP contribution is -2.59. The number of aliphatic hydroxyl groups is 4. The molecule has 4 fully saturated rings. The number of amides is 1. The van der Waals surface area contributed by atoms with Crippen molar-refractivity contribution in [2.24, 2.45) is 17.6 Å². The number of aliphatic hydroxyl groups excluding tert-OH is 4. The van der Waals surface area contributed by atoms with Crippen molar-refractivity contribution < 1.29 is 96.9 Å². The summed E-state index contributed by atoms with van der Waals surface area (Å²) < 4.78 is 58.8. The second kappa shape index (κ2) is 32.0. The molecule has 5 heterocycles. The number of unbranched alkanes of at least 4 members (excludes halogenated alkanes) is 8. The van der Waals surface area contributed by atoms with E-state index in [1.54, 1.807) is 13.8 Å². The maximum atomic E-state index is 14.7. The number of likely N-dealkylation sites (N-methyl/N-ethyl adjacent to an activating group) is 2. The Morgan fingerprint density at radius 1 is 0.728 bits per heavy atom. The molecule has 4 aliphatic rings. The molecule has 0 aliphatic carbocycles. The van der Waals surface area contributed by atoms with Crippen LogP contribution in [0.15, 0.2) is 21.9 Å². The van der Waals surface area contributed by atoms with Gasteiger partial charge in [-0.2, -0.15) is 0 Å². The van der Waals surface area contributed by atoms with Gasteiger partial charge in [0.25, 0.3) is 5.56 Å². The molecule has 1 amide bonds. The van der Waals surface area contributed by atoms with E-state index in [1.165, 1.54) is 52.5 Å². The van der Waals surface area contributed by atoms with E-state index < -0.39 is 170 Å². The lowest BCUT2D eigenvalue weighted by molar-refractivity contribution is -0.297.